The maximum absolute atomic E-state index is 9.36. The van der Waals surface area contributed by atoms with Gasteiger partial charge in [-0.3, -0.25) is 0 Å². The van der Waals surface area contributed by atoms with Crippen molar-refractivity contribution in [1.29, 1.82) is 0 Å². The molecule has 0 bridgehead atoms. The van der Waals surface area contributed by atoms with E-state index in [2.05, 4.69) is 41.1 Å². The standard InChI is InChI=1S/C13H17BrO2/c1-9-7-10(4-5-12(9)14)13-11(8-15)3-2-6-16-13/h4-5,7,11,13,15H,2-3,6,8H2,1H3. The maximum atomic E-state index is 9.36. The van der Waals surface area contributed by atoms with Crippen molar-refractivity contribution in [2.24, 2.45) is 5.92 Å². The molecule has 2 atom stereocenters. The molecule has 1 N–H and O–H groups in total. The molecular weight excluding hydrogens is 268 g/mol. The third-order valence-corrected chi connectivity index (χ3v) is 4.08. The van der Waals surface area contributed by atoms with E-state index in [1.165, 1.54) is 11.1 Å². The molecule has 0 radical (unpaired) electrons. The third kappa shape index (κ3) is 2.47. The normalized spacial score (nSPS) is 25.7. The Hall–Kier alpha value is -0.380. The van der Waals surface area contributed by atoms with E-state index in [0.29, 0.717) is 0 Å². The van der Waals surface area contributed by atoms with Crippen LogP contribution in [-0.4, -0.2) is 18.3 Å². The Labute approximate surface area is 105 Å². The molecule has 1 aromatic carbocycles. The van der Waals surface area contributed by atoms with Gasteiger partial charge in [-0.2, -0.15) is 0 Å². The molecule has 0 aromatic heterocycles. The lowest BCUT2D eigenvalue weighted by Crippen LogP contribution is -2.25. The lowest BCUT2D eigenvalue weighted by molar-refractivity contribution is -0.0457. The van der Waals surface area contributed by atoms with Crippen LogP contribution in [0.2, 0.25) is 0 Å². The number of benzene rings is 1. The van der Waals surface area contributed by atoms with Gasteiger partial charge in [0, 0.05) is 23.6 Å². The summed E-state index contributed by atoms with van der Waals surface area (Å²) < 4.78 is 6.91. The van der Waals surface area contributed by atoms with E-state index in [0.717, 1.165) is 23.9 Å². The molecule has 0 saturated carbocycles. The summed E-state index contributed by atoms with van der Waals surface area (Å²) in [7, 11) is 0. The fraction of sp³-hybridized carbons (Fsp3) is 0.538. The molecule has 88 valence electrons. The van der Waals surface area contributed by atoms with E-state index in [1.807, 2.05) is 0 Å². The Bertz CT molecular complexity index is 365. The Morgan fingerprint density at radius 3 is 3.00 bits per heavy atom. The smallest absolute Gasteiger partial charge is 0.0875 e. The molecular formula is C13H17BrO2. The van der Waals surface area contributed by atoms with Crippen molar-refractivity contribution < 1.29 is 9.84 Å². The first kappa shape index (κ1) is 12.1. The van der Waals surface area contributed by atoms with Gasteiger partial charge in [0.15, 0.2) is 0 Å². The number of rotatable bonds is 2. The Balaban J connectivity index is 2.23. The minimum absolute atomic E-state index is 0.0607. The van der Waals surface area contributed by atoms with Gasteiger partial charge in [-0.1, -0.05) is 28.1 Å². The summed E-state index contributed by atoms with van der Waals surface area (Å²) in [6, 6.07) is 6.27. The molecule has 1 aromatic rings. The molecule has 1 heterocycles. The van der Waals surface area contributed by atoms with Gasteiger partial charge in [-0.05, 0) is 37.0 Å². The number of aliphatic hydroxyl groups excluding tert-OH is 1. The van der Waals surface area contributed by atoms with E-state index in [9.17, 15) is 5.11 Å². The number of halogens is 1. The third-order valence-electron chi connectivity index (χ3n) is 3.19. The minimum atomic E-state index is 0.0607. The van der Waals surface area contributed by atoms with Crippen LogP contribution in [0.25, 0.3) is 0 Å². The molecule has 1 fully saturated rings. The molecule has 2 rings (SSSR count). The molecule has 0 amide bonds. The van der Waals surface area contributed by atoms with Crippen LogP contribution in [0.5, 0.6) is 0 Å². The van der Waals surface area contributed by atoms with Crippen molar-refractivity contribution in [3.8, 4) is 0 Å². The van der Waals surface area contributed by atoms with Crippen LogP contribution in [0, 0.1) is 12.8 Å². The molecule has 0 aliphatic carbocycles. The van der Waals surface area contributed by atoms with Crippen molar-refractivity contribution in [2.75, 3.05) is 13.2 Å². The molecule has 1 aliphatic heterocycles. The van der Waals surface area contributed by atoms with Gasteiger partial charge in [0.25, 0.3) is 0 Å². The first-order valence-electron chi connectivity index (χ1n) is 5.71. The molecule has 2 unspecified atom stereocenters. The van der Waals surface area contributed by atoms with Crippen LogP contribution in [0.3, 0.4) is 0 Å². The molecule has 2 nitrogen and oxygen atoms in total. The number of aliphatic hydroxyl groups is 1. The average Bonchev–Trinajstić information content (AvgIpc) is 2.32. The van der Waals surface area contributed by atoms with E-state index in [-0.39, 0.29) is 18.6 Å². The van der Waals surface area contributed by atoms with Crippen molar-refractivity contribution >= 4 is 15.9 Å². The second-order valence-electron chi connectivity index (χ2n) is 4.38. The summed E-state index contributed by atoms with van der Waals surface area (Å²) in [6.45, 7) is 3.08. The summed E-state index contributed by atoms with van der Waals surface area (Å²) >= 11 is 3.50. The van der Waals surface area contributed by atoms with Crippen LogP contribution in [0.4, 0.5) is 0 Å². The largest absolute Gasteiger partial charge is 0.396 e. The summed E-state index contributed by atoms with van der Waals surface area (Å²) in [6.07, 6.45) is 2.17. The van der Waals surface area contributed by atoms with E-state index in [4.69, 9.17) is 4.74 Å². The minimum Gasteiger partial charge on any atom is -0.396 e. The van der Waals surface area contributed by atoms with Crippen molar-refractivity contribution in [3.05, 3.63) is 33.8 Å². The fourth-order valence-corrected chi connectivity index (χ4v) is 2.49. The number of ether oxygens (including phenoxy) is 1. The van der Waals surface area contributed by atoms with Gasteiger partial charge in [-0.25, -0.2) is 0 Å². The Morgan fingerprint density at radius 2 is 2.31 bits per heavy atom. The highest BCUT2D eigenvalue weighted by molar-refractivity contribution is 9.10. The summed E-state index contributed by atoms with van der Waals surface area (Å²) in [4.78, 5) is 0. The van der Waals surface area contributed by atoms with Crippen LogP contribution in [-0.2, 0) is 4.74 Å². The highest BCUT2D eigenvalue weighted by Crippen LogP contribution is 2.34. The summed E-state index contributed by atoms with van der Waals surface area (Å²) in [5.74, 6) is 0.245. The van der Waals surface area contributed by atoms with Crippen molar-refractivity contribution in [2.45, 2.75) is 25.9 Å². The van der Waals surface area contributed by atoms with Crippen LogP contribution in [0.1, 0.15) is 30.1 Å². The molecule has 16 heavy (non-hydrogen) atoms. The van der Waals surface area contributed by atoms with Gasteiger partial charge in [-0.15, -0.1) is 0 Å². The monoisotopic (exact) mass is 284 g/mol. The highest BCUT2D eigenvalue weighted by Gasteiger charge is 2.26. The van der Waals surface area contributed by atoms with Gasteiger partial charge < -0.3 is 9.84 Å². The first-order valence-corrected chi connectivity index (χ1v) is 6.50. The van der Waals surface area contributed by atoms with Crippen molar-refractivity contribution in [1.82, 2.24) is 0 Å². The Morgan fingerprint density at radius 1 is 1.50 bits per heavy atom. The van der Waals surface area contributed by atoms with Gasteiger partial charge >= 0.3 is 0 Å². The zero-order valence-corrected chi connectivity index (χ0v) is 11.0. The average molecular weight is 285 g/mol. The lowest BCUT2D eigenvalue weighted by Gasteiger charge is -2.31. The quantitative estimate of drug-likeness (QED) is 0.904. The molecule has 3 heteroatoms. The predicted molar refractivity (Wildman–Crippen MR) is 67.4 cm³/mol. The fourth-order valence-electron chi connectivity index (χ4n) is 2.24. The van der Waals surface area contributed by atoms with Gasteiger partial charge in [0.1, 0.15) is 0 Å². The molecule has 1 saturated heterocycles. The predicted octanol–water partition coefficient (Wildman–Crippen LogP) is 3.22. The Kier molecular flexibility index (Phi) is 4.00. The number of hydrogen-bond acceptors (Lipinski definition) is 2. The van der Waals surface area contributed by atoms with E-state index in [1.54, 1.807) is 0 Å². The zero-order chi connectivity index (χ0) is 11.5. The maximum Gasteiger partial charge on any atom is 0.0875 e. The SMILES string of the molecule is Cc1cc(C2OCCCC2CO)ccc1Br. The van der Waals surface area contributed by atoms with Crippen LogP contribution >= 0.6 is 15.9 Å². The highest BCUT2D eigenvalue weighted by atomic mass is 79.9. The summed E-state index contributed by atoms with van der Waals surface area (Å²) in [5.41, 5.74) is 2.39. The van der Waals surface area contributed by atoms with E-state index < -0.39 is 0 Å². The zero-order valence-electron chi connectivity index (χ0n) is 9.45. The van der Waals surface area contributed by atoms with Crippen LogP contribution < -0.4 is 0 Å². The second kappa shape index (κ2) is 5.30. The van der Waals surface area contributed by atoms with Crippen LogP contribution in [0.15, 0.2) is 22.7 Å². The topological polar surface area (TPSA) is 29.5 Å². The van der Waals surface area contributed by atoms with Gasteiger partial charge in [0.05, 0.1) is 6.10 Å². The van der Waals surface area contributed by atoms with E-state index >= 15 is 0 Å². The summed E-state index contributed by atoms with van der Waals surface area (Å²) in [5, 5.41) is 9.36. The lowest BCUT2D eigenvalue weighted by atomic mass is 9.89. The first-order chi connectivity index (χ1) is 7.72. The van der Waals surface area contributed by atoms with Gasteiger partial charge in [0.2, 0.25) is 0 Å². The number of hydrogen-bond donors (Lipinski definition) is 1. The molecule has 1 aliphatic rings. The second-order valence-corrected chi connectivity index (χ2v) is 5.24. The number of aryl methyl sites for hydroxylation is 1. The van der Waals surface area contributed by atoms with Crippen molar-refractivity contribution in [3.63, 3.8) is 0 Å². The molecule has 0 spiro atoms.